The van der Waals surface area contributed by atoms with E-state index >= 15 is 0 Å². The fraction of sp³-hybridized carbons (Fsp3) is 0.417. The van der Waals surface area contributed by atoms with Crippen LogP contribution in [0.25, 0.3) is 0 Å². The third-order valence-corrected chi connectivity index (χ3v) is 6.81. The van der Waals surface area contributed by atoms with Crippen LogP contribution in [0.1, 0.15) is 33.3 Å². The van der Waals surface area contributed by atoms with Crippen LogP contribution in [0, 0.1) is 3.57 Å². The molecule has 2 amide bonds. The van der Waals surface area contributed by atoms with Crippen molar-refractivity contribution in [2.24, 2.45) is 0 Å². The highest BCUT2D eigenvalue weighted by molar-refractivity contribution is 14.1. The lowest BCUT2D eigenvalue weighted by molar-refractivity contribution is -0.140. The molecule has 10 heteroatoms. The second-order valence-corrected chi connectivity index (χ2v) is 12.2. The van der Waals surface area contributed by atoms with Gasteiger partial charge in [0.1, 0.15) is 18.3 Å². The molecule has 34 heavy (non-hydrogen) atoms. The average molecular weight is 602 g/mol. The van der Waals surface area contributed by atoms with Crippen molar-refractivity contribution in [2.75, 3.05) is 24.2 Å². The predicted octanol–water partition coefficient (Wildman–Crippen LogP) is 3.40. The van der Waals surface area contributed by atoms with E-state index in [1.165, 1.54) is 4.90 Å². The molecule has 1 N–H and O–H groups in total. The third kappa shape index (κ3) is 8.15. The Balaban J connectivity index is 2.41. The van der Waals surface area contributed by atoms with Gasteiger partial charge in [0.15, 0.2) is 0 Å². The minimum atomic E-state index is -3.75. The lowest BCUT2D eigenvalue weighted by atomic mass is 10.1. The normalized spacial score (nSPS) is 12.6. The number of hydrogen-bond acceptors (Lipinski definition) is 5. The molecule has 2 rings (SSSR count). The number of amides is 2. The fourth-order valence-corrected chi connectivity index (χ4v) is 4.45. The topological polar surface area (TPSA) is 96.0 Å². The summed E-state index contributed by atoms with van der Waals surface area (Å²) >= 11 is 2.12. The molecule has 186 valence electrons. The lowest BCUT2D eigenvalue weighted by Crippen LogP contribution is -2.54. The van der Waals surface area contributed by atoms with Gasteiger partial charge in [-0.25, -0.2) is 8.42 Å². The highest BCUT2D eigenvalue weighted by atomic mass is 127. The van der Waals surface area contributed by atoms with Gasteiger partial charge in [0, 0.05) is 15.7 Å². The van der Waals surface area contributed by atoms with Gasteiger partial charge in [0.05, 0.1) is 19.1 Å². The maximum absolute atomic E-state index is 13.5. The van der Waals surface area contributed by atoms with Crippen LogP contribution in [0.5, 0.6) is 5.75 Å². The van der Waals surface area contributed by atoms with Crippen molar-refractivity contribution in [3.63, 3.8) is 0 Å². The van der Waals surface area contributed by atoms with Crippen LogP contribution in [0.2, 0.25) is 0 Å². The highest BCUT2D eigenvalue weighted by Crippen LogP contribution is 2.21. The number of hydrogen-bond donors (Lipinski definition) is 1. The standard InChI is InChI=1S/C24H32IN3O5S/c1-17(23(30)26-24(2,3)4)27(15-18-8-7-9-21(14-18)33-5)22(29)16-28(34(6,31)32)20-12-10-19(25)11-13-20/h7-14,17H,15-16H2,1-6H3,(H,26,30)/t17-/m0/s1. The van der Waals surface area contributed by atoms with E-state index in [1.54, 1.807) is 56.5 Å². The van der Waals surface area contributed by atoms with Gasteiger partial charge in [-0.1, -0.05) is 12.1 Å². The van der Waals surface area contributed by atoms with E-state index in [-0.39, 0.29) is 12.5 Å². The zero-order chi connectivity index (χ0) is 25.7. The van der Waals surface area contributed by atoms with Gasteiger partial charge in [-0.15, -0.1) is 0 Å². The molecular weight excluding hydrogens is 569 g/mol. The van der Waals surface area contributed by atoms with Gasteiger partial charge in [0.2, 0.25) is 21.8 Å². The van der Waals surface area contributed by atoms with Crippen molar-refractivity contribution in [3.8, 4) is 5.75 Å². The van der Waals surface area contributed by atoms with Crippen molar-refractivity contribution in [3.05, 3.63) is 57.7 Å². The summed E-state index contributed by atoms with van der Waals surface area (Å²) in [6.45, 7) is 6.88. The Morgan fingerprint density at radius 3 is 2.26 bits per heavy atom. The number of benzene rings is 2. The zero-order valence-corrected chi connectivity index (χ0v) is 23.3. The summed E-state index contributed by atoms with van der Waals surface area (Å²) in [7, 11) is -2.21. The van der Waals surface area contributed by atoms with E-state index in [1.807, 2.05) is 26.8 Å². The number of halogens is 1. The number of nitrogens with zero attached hydrogens (tertiary/aromatic N) is 2. The molecule has 0 saturated carbocycles. The van der Waals surface area contributed by atoms with Crippen LogP contribution < -0.4 is 14.4 Å². The van der Waals surface area contributed by atoms with Gasteiger partial charge in [-0.3, -0.25) is 13.9 Å². The quantitative estimate of drug-likeness (QED) is 0.445. The van der Waals surface area contributed by atoms with Gasteiger partial charge in [0.25, 0.3) is 0 Å². The molecule has 0 aliphatic carbocycles. The smallest absolute Gasteiger partial charge is 0.244 e. The molecule has 0 radical (unpaired) electrons. The summed E-state index contributed by atoms with van der Waals surface area (Å²) in [5, 5.41) is 2.89. The Morgan fingerprint density at radius 1 is 1.12 bits per heavy atom. The molecule has 0 aliphatic rings. The molecule has 0 heterocycles. The molecule has 0 aliphatic heterocycles. The molecule has 2 aromatic carbocycles. The summed E-state index contributed by atoms with van der Waals surface area (Å²) < 4.78 is 32.4. The Kier molecular flexibility index (Phi) is 9.35. The first-order valence-corrected chi connectivity index (χ1v) is 13.6. The maximum atomic E-state index is 13.5. The van der Waals surface area contributed by atoms with Crippen molar-refractivity contribution in [2.45, 2.75) is 45.8 Å². The Morgan fingerprint density at radius 2 is 1.74 bits per heavy atom. The van der Waals surface area contributed by atoms with E-state index in [2.05, 4.69) is 27.9 Å². The average Bonchev–Trinajstić information content (AvgIpc) is 2.74. The Hall–Kier alpha value is -2.34. The zero-order valence-electron chi connectivity index (χ0n) is 20.3. The molecule has 0 spiro atoms. The number of ether oxygens (including phenoxy) is 1. The molecule has 8 nitrogen and oxygen atoms in total. The van der Waals surface area contributed by atoms with Gasteiger partial charge in [-0.2, -0.15) is 0 Å². The number of anilines is 1. The number of methoxy groups -OCH3 is 1. The SMILES string of the molecule is COc1cccc(CN(C(=O)CN(c2ccc(I)cc2)S(C)(=O)=O)[C@@H](C)C(=O)NC(C)(C)C)c1. The number of rotatable bonds is 9. The molecule has 0 unspecified atom stereocenters. The molecule has 1 atom stereocenters. The van der Waals surface area contributed by atoms with Crippen molar-refractivity contribution >= 4 is 50.1 Å². The highest BCUT2D eigenvalue weighted by Gasteiger charge is 2.31. The molecule has 0 fully saturated rings. The first-order chi connectivity index (χ1) is 15.7. The number of nitrogens with one attached hydrogen (secondary N) is 1. The maximum Gasteiger partial charge on any atom is 0.244 e. The summed E-state index contributed by atoms with van der Waals surface area (Å²) in [6.07, 6.45) is 1.06. The lowest BCUT2D eigenvalue weighted by Gasteiger charge is -2.33. The predicted molar refractivity (Wildman–Crippen MR) is 142 cm³/mol. The van der Waals surface area contributed by atoms with Gasteiger partial charge < -0.3 is 15.0 Å². The summed E-state index contributed by atoms with van der Waals surface area (Å²) in [5.41, 5.74) is 0.642. The fourth-order valence-electron chi connectivity index (χ4n) is 3.25. The molecule has 0 bridgehead atoms. The first-order valence-electron chi connectivity index (χ1n) is 10.7. The third-order valence-electron chi connectivity index (χ3n) is 4.95. The van der Waals surface area contributed by atoms with Crippen LogP contribution >= 0.6 is 22.6 Å². The summed E-state index contributed by atoms with van der Waals surface area (Å²) in [6, 6.07) is 13.2. The monoisotopic (exact) mass is 601 g/mol. The van der Waals surface area contributed by atoms with E-state index in [9.17, 15) is 18.0 Å². The largest absolute Gasteiger partial charge is 0.497 e. The minimum absolute atomic E-state index is 0.110. The number of sulfonamides is 1. The number of carbonyl (C=O) groups excluding carboxylic acids is 2. The van der Waals surface area contributed by atoms with Gasteiger partial charge in [-0.05, 0) is 92.2 Å². The number of carbonyl (C=O) groups is 2. The molecule has 2 aromatic rings. The second kappa shape index (κ2) is 11.4. The van der Waals surface area contributed by atoms with Crippen molar-refractivity contribution in [1.29, 1.82) is 0 Å². The van der Waals surface area contributed by atoms with Crippen LogP contribution in [-0.2, 0) is 26.2 Å². The van der Waals surface area contributed by atoms with E-state index in [4.69, 9.17) is 4.74 Å². The molecule has 0 aromatic heterocycles. The molecule has 0 saturated heterocycles. The summed E-state index contributed by atoms with van der Waals surface area (Å²) in [4.78, 5) is 27.9. The van der Waals surface area contributed by atoms with E-state index in [0.29, 0.717) is 11.4 Å². The van der Waals surface area contributed by atoms with E-state index in [0.717, 1.165) is 19.7 Å². The van der Waals surface area contributed by atoms with Crippen LogP contribution in [-0.4, -0.2) is 56.6 Å². The van der Waals surface area contributed by atoms with Crippen LogP contribution in [0.4, 0.5) is 5.69 Å². The van der Waals surface area contributed by atoms with Crippen LogP contribution in [0.15, 0.2) is 48.5 Å². The minimum Gasteiger partial charge on any atom is -0.497 e. The van der Waals surface area contributed by atoms with Gasteiger partial charge >= 0.3 is 0 Å². The second-order valence-electron chi connectivity index (χ2n) is 9.03. The van der Waals surface area contributed by atoms with Crippen molar-refractivity contribution in [1.82, 2.24) is 10.2 Å². The van der Waals surface area contributed by atoms with Crippen LogP contribution in [0.3, 0.4) is 0 Å². The summed E-state index contributed by atoms with van der Waals surface area (Å²) in [5.74, 6) is -0.208. The van der Waals surface area contributed by atoms with E-state index < -0.39 is 34.1 Å². The van der Waals surface area contributed by atoms with Crippen molar-refractivity contribution < 1.29 is 22.7 Å². The first kappa shape index (κ1) is 27.9. The Labute approximate surface area is 215 Å². The molecular formula is C24H32IN3O5S. The Bertz CT molecular complexity index is 1110.